The van der Waals surface area contributed by atoms with Gasteiger partial charge >= 0.3 is 0 Å². The largest absolute Gasteiger partial charge is 0.483 e. The van der Waals surface area contributed by atoms with Crippen LogP contribution in [-0.4, -0.2) is 12.4 Å². The van der Waals surface area contributed by atoms with Gasteiger partial charge in [-0.3, -0.25) is 4.79 Å². The molecule has 0 amide bonds. The Bertz CT molecular complexity index is 409. The molecule has 0 aromatic heterocycles. The third-order valence-electron chi connectivity index (χ3n) is 3.27. The molecule has 2 rings (SSSR count). The van der Waals surface area contributed by atoms with Crippen LogP contribution in [0.4, 0.5) is 4.39 Å². The fraction of sp³-hybridized carbons (Fsp3) is 0.500. The molecule has 0 heterocycles. The number of carbonyl (C=O) groups is 1. The second-order valence-corrected chi connectivity index (χ2v) is 4.67. The minimum Gasteiger partial charge on any atom is -0.483 e. The van der Waals surface area contributed by atoms with Crippen molar-refractivity contribution in [2.75, 3.05) is 6.61 Å². The Morgan fingerprint density at radius 3 is 2.82 bits per heavy atom. The van der Waals surface area contributed by atoms with Crippen molar-refractivity contribution in [3.8, 4) is 5.75 Å². The van der Waals surface area contributed by atoms with Crippen LogP contribution in [0.1, 0.15) is 31.2 Å². The number of hydrogen-bond acceptors (Lipinski definition) is 2. The number of rotatable bonds is 4. The molecule has 0 unspecified atom stereocenters. The van der Waals surface area contributed by atoms with Gasteiger partial charge in [-0.2, -0.15) is 0 Å². The van der Waals surface area contributed by atoms with Crippen LogP contribution in [0.3, 0.4) is 0 Å². The smallest absolute Gasteiger partial charge is 0.173 e. The van der Waals surface area contributed by atoms with Gasteiger partial charge in [-0.05, 0) is 37.5 Å². The van der Waals surface area contributed by atoms with Crippen molar-refractivity contribution in [3.63, 3.8) is 0 Å². The minimum atomic E-state index is -0.408. The normalized spacial score (nSPS) is 16.1. The molecule has 0 radical (unpaired) electrons. The highest BCUT2D eigenvalue weighted by atomic mass is 19.1. The summed E-state index contributed by atoms with van der Waals surface area (Å²) in [5, 5.41) is 0. The molecule has 92 valence electrons. The highest BCUT2D eigenvalue weighted by Gasteiger charge is 2.23. The predicted molar refractivity (Wildman–Crippen MR) is 63.6 cm³/mol. The van der Waals surface area contributed by atoms with E-state index >= 15 is 0 Å². The van der Waals surface area contributed by atoms with Crippen LogP contribution in [0.25, 0.3) is 0 Å². The molecule has 17 heavy (non-hydrogen) atoms. The van der Waals surface area contributed by atoms with Crippen molar-refractivity contribution < 1.29 is 13.9 Å². The van der Waals surface area contributed by atoms with E-state index in [2.05, 4.69) is 0 Å². The third-order valence-corrected chi connectivity index (χ3v) is 3.27. The Kier molecular flexibility index (Phi) is 3.77. The Hall–Kier alpha value is -1.38. The summed E-state index contributed by atoms with van der Waals surface area (Å²) >= 11 is 0. The number of aryl methyl sites for hydroxylation is 1. The number of benzene rings is 1. The van der Waals surface area contributed by atoms with E-state index in [1.54, 1.807) is 12.1 Å². The van der Waals surface area contributed by atoms with Gasteiger partial charge in [-0.25, -0.2) is 4.39 Å². The zero-order chi connectivity index (χ0) is 12.3. The van der Waals surface area contributed by atoms with Crippen LogP contribution in [0, 0.1) is 18.7 Å². The Morgan fingerprint density at radius 2 is 2.12 bits per heavy atom. The first-order valence-corrected chi connectivity index (χ1v) is 6.08. The summed E-state index contributed by atoms with van der Waals surface area (Å²) in [5.74, 6) is -0.00237. The summed E-state index contributed by atoms with van der Waals surface area (Å²) in [6, 6.07) is 4.67. The number of ether oxygens (including phenoxy) is 1. The summed E-state index contributed by atoms with van der Waals surface area (Å²) in [4.78, 5) is 11.8. The third kappa shape index (κ3) is 3.05. The van der Waals surface area contributed by atoms with Crippen LogP contribution in [0.15, 0.2) is 18.2 Å². The second kappa shape index (κ2) is 5.30. The van der Waals surface area contributed by atoms with E-state index in [-0.39, 0.29) is 24.1 Å². The van der Waals surface area contributed by atoms with Crippen molar-refractivity contribution in [1.82, 2.24) is 0 Å². The van der Waals surface area contributed by atoms with Crippen LogP contribution < -0.4 is 4.74 Å². The molecule has 2 nitrogen and oxygen atoms in total. The first-order valence-electron chi connectivity index (χ1n) is 6.08. The number of Topliss-reactive ketones (excluding diaryl/α,β-unsaturated/α-hetero) is 1. The molecule has 0 atom stereocenters. The highest BCUT2D eigenvalue weighted by Crippen LogP contribution is 2.26. The van der Waals surface area contributed by atoms with Gasteiger partial charge in [0.2, 0.25) is 0 Å². The maximum Gasteiger partial charge on any atom is 0.173 e. The zero-order valence-corrected chi connectivity index (χ0v) is 10.0. The van der Waals surface area contributed by atoms with Crippen molar-refractivity contribution >= 4 is 5.78 Å². The first kappa shape index (κ1) is 12.1. The van der Waals surface area contributed by atoms with Gasteiger partial charge in [-0.1, -0.05) is 18.9 Å². The van der Waals surface area contributed by atoms with E-state index < -0.39 is 5.82 Å². The zero-order valence-electron chi connectivity index (χ0n) is 10.0. The average molecular weight is 236 g/mol. The summed E-state index contributed by atoms with van der Waals surface area (Å²) in [5.41, 5.74) is 0.926. The molecule has 3 heteroatoms. The molecule has 0 saturated heterocycles. The molecule has 1 aromatic carbocycles. The van der Waals surface area contributed by atoms with Crippen molar-refractivity contribution in [1.29, 1.82) is 0 Å². The van der Waals surface area contributed by atoms with E-state index in [0.29, 0.717) is 0 Å². The molecule has 0 N–H and O–H groups in total. The summed E-state index contributed by atoms with van der Waals surface area (Å²) in [7, 11) is 0. The topological polar surface area (TPSA) is 26.3 Å². The van der Waals surface area contributed by atoms with E-state index in [0.717, 1.165) is 31.2 Å². The van der Waals surface area contributed by atoms with Crippen molar-refractivity contribution in [3.05, 3.63) is 29.6 Å². The predicted octanol–water partition coefficient (Wildman–Crippen LogP) is 3.27. The standard InChI is InChI=1S/C14H17FO2/c1-10-6-7-12(15)14(8-10)17-9-13(16)11-4-2-3-5-11/h6-8,11H,2-5,9H2,1H3. The molecular formula is C14H17FO2. The number of halogens is 1. The molecular weight excluding hydrogens is 219 g/mol. The molecule has 1 aromatic rings. The second-order valence-electron chi connectivity index (χ2n) is 4.67. The van der Waals surface area contributed by atoms with Gasteiger partial charge in [0, 0.05) is 5.92 Å². The lowest BCUT2D eigenvalue weighted by Gasteiger charge is -2.10. The molecule has 1 aliphatic rings. The monoisotopic (exact) mass is 236 g/mol. The quantitative estimate of drug-likeness (QED) is 0.802. The van der Waals surface area contributed by atoms with Gasteiger partial charge in [0.15, 0.2) is 17.3 Å². The summed E-state index contributed by atoms with van der Waals surface area (Å²) in [6.07, 6.45) is 4.15. The van der Waals surface area contributed by atoms with E-state index in [1.807, 2.05) is 6.92 Å². The first-order chi connectivity index (χ1) is 8.16. The van der Waals surface area contributed by atoms with E-state index in [1.165, 1.54) is 6.07 Å². The fourth-order valence-corrected chi connectivity index (χ4v) is 2.24. The Balaban J connectivity index is 1.92. The minimum absolute atomic E-state index is 0.00889. The molecule has 0 spiro atoms. The van der Waals surface area contributed by atoms with Crippen LogP contribution in [0.2, 0.25) is 0 Å². The van der Waals surface area contributed by atoms with E-state index in [9.17, 15) is 9.18 Å². The number of carbonyl (C=O) groups excluding carboxylic acids is 1. The van der Waals surface area contributed by atoms with Crippen molar-refractivity contribution in [2.45, 2.75) is 32.6 Å². The average Bonchev–Trinajstić information content (AvgIpc) is 2.83. The van der Waals surface area contributed by atoms with Gasteiger partial charge in [0.1, 0.15) is 6.61 Å². The van der Waals surface area contributed by atoms with Gasteiger partial charge < -0.3 is 4.74 Å². The van der Waals surface area contributed by atoms with Crippen LogP contribution in [0.5, 0.6) is 5.75 Å². The lowest BCUT2D eigenvalue weighted by atomic mass is 10.0. The highest BCUT2D eigenvalue weighted by molar-refractivity contribution is 5.82. The summed E-state index contributed by atoms with van der Waals surface area (Å²) < 4.78 is 18.6. The molecule has 1 fully saturated rings. The van der Waals surface area contributed by atoms with Gasteiger partial charge in [0.25, 0.3) is 0 Å². The molecule has 1 saturated carbocycles. The lowest BCUT2D eigenvalue weighted by molar-refractivity contribution is -0.124. The van der Waals surface area contributed by atoms with Crippen LogP contribution >= 0.6 is 0 Å². The maximum absolute atomic E-state index is 13.4. The number of hydrogen-bond donors (Lipinski definition) is 0. The van der Waals surface area contributed by atoms with Gasteiger partial charge in [0.05, 0.1) is 0 Å². The van der Waals surface area contributed by atoms with Crippen molar-refractivity contribution in [2.24, 2.45) is 5.92 Å². The SMILES string of the molecule is Cc1ccc(F)c(OCC(=O)C2CCCC2)c1. The van der Waals surface area contributed by atoms with Crippen LogP contribution in [-0.2, 0) is 4.79 Å². The number of ketones is 1. The fourth-order valence-electron chi connectivity index (χ4n) is 2.24. The molecule has 0 aliphatic heterocycles. The Labute approximate surface area is 101 Å². The maximum atomic E-state index is 13.4. The molecule has 1 aliphatic carbocycles. The molecule has 0 bridgehead atoms. The van der Waals surface area contributed by atoms with E-state index in [4.69, 9.17) is 4.74 Å². The van der Waals surface area contributed by atoms with Gasteiger partial charge in [-0.15, -0.1) is 0 Å². The Morgan fingerprint density at radius 1 is 1.41 bits per heavy atom. The summed E-state index contributed by atoms with van der Waals surface area (Å²) in [6.45, 7) is 1.86. The lowest BCUT2D eigenvalue weighted by Crippen LogP contribution is -2.19.